The van der Waals surface area contributed by atoms with E-state index in [1.165, 1.54) is 38.6 Å². The molecule has 0 unspecified atom stereocenters. The molecule has 0 saturated heterocycles. The van der Waals surface area contributed by atoms with Gasteiger partial charge >= 0.3 is 0 Å². The minimum Gasteiger partial charge on any atom is -0.457 e. The molecule has 0 radical (unpaired) electrons. The van der Waals surface area contributed by atoms with Crippen molar-refractivity contribution in [1.82, 2.24) is 0 Å². The molecule has 2 heterocycles. The molecule has 0 saturated carbocycles. The zero-order valence-electron chi connectivity index (χ0n) is 21.9. The lowest BCUT2D eigenvalue weighted by molar-refractivity contribution is 0.418. The van der Waals surface area contributed by atoms with Crippen LogP contribution in [-0.2, 0) is 5.41 Å². The van der Waals surface area contributed by atoms with Crippen LogP contribution < -0.4 is 4.74 Å². The lowest BCUT2D eigenvalue weighted by Gasteiger charge is -2.34. The van der Waals surface area contributed by atoms with Gasteiger partial charge < -0.3 is 9.15 Å². The van der Waals surface area contributed by atoms with E-state index in [1.807, 2.05) is 18.2 Å². The molecule has 0 aliphatic carbocycles. The predicted octanol–water partition coefficient (Wildman–Crippen LogP) is 10.5. The summed E-state index contributed by atoms with van der Waals surface area (Å²) in [4.78, 5) is 0. The topological polar surface area (TPSA) is 22.4 Å². The number of fused-ring (bicyclic) bond motifs is 6. The van der Waals surface area contributed by atoms with Crippen molar-refractivity contribution in [1.29, 1.82) is 0 Å². The van der Waals surface area contributed by atoms with Gasteiger partial charge in [0.1, 0.15) is 22.7 Å². The van der Waals surface area contributed by atoms with Gasteiger partial charge in [-0.1, -0.05) is 111 Å². The smallest absolute Gasteiger partial charge is 0.136 e. The first-order valence-electron chi connectivity index (χ1n) is 13.4. The summed E-state index contributed by atoms with van der Waals surface area (Å²) in [5, 5.41) is 4.74. The number of benzene rings is 6. The monoisotopic (exact) mass is 502 g/mol. The third-order valence-electron chi connectivity index (χ3n) is 8.36. The zero-order chi connectivity index (χ0) is 26.1. The highest BCUT2D eigenvalue weighted by molar-refractivity contribution is 6.16. The molecule has 0 N–H and O–H groups in total. The third-order valence-corrected chi connectivity index (χ3v) is 8.36. The fraction of sp³-hybridized carbons (Fsp3) is 0.0811. The zero-order valence-corrected chi connectivity index (χ0v) is 21.9. The van der Waals surface area contributed by atoms with Crippen molar-refractivity contribution in [2.45, 2.75) is 19.3 Å². The number of hydrogen-bond donors (Lipinski definition) is 0. The lowest BCUT2D eigenvalue weighted by Crippen LogP contribution is -2.24. The maximum absolute atomic E-state index is 6.45. The fourth-order valence-electron chi connectivity index (χ4n) is 6.41. The maximum Gasteiger partial charge on any atom is 0.136 e. The maximum atomic E-state index is 6.45. The van der Waals surface area contributed by atoms with Crippen molar-refractivity contribution in [2.75, 3.05) is 0 Å². The van der Waals surface area contributed by atoms with Crippen LogP contribution in [0.4, 0.5) is 0 Å². The molecular weight excluding hydrogens is 476 g/mol. The Morgan fingerprint density at radius 3 is 2.03 bits per heavy atom. The summed E-state index contributed by atoms with van der Waals surface area (Å²) >= 11 is 0. The standard InChI is InChI=1S/C37H26O2/c1-37(2)30-14-6-8-16-33(30)39-35-22-23(18-21-31(35)37)24-19-20-27(26-11-4-3-10-25(24)26)28-13-9-17-34-36(28)29-12-5-7-15-32(29)38-34/h3-22H,1-2H3. The molecule has 186 valence electrons. The number of para-hydroxylation sites is 2. The summed E-state index contributed by atoms with van der Waals surface area (Å²) in [6, 6.07) is 42.9. The Bertz CT molecular complexity index is 2080. The van der Waals surface area contributed by atoms with Gasteiger partial charge in [0.2, 0.25) is 0 Å². The van der Waals surface area contributed by atoms with Gasteiger partial charge in [-0.15, -0.1) is 0 Å². The Kier molecular flexibility index (Phi) is 4.60. The van der Waals surface area contributed by atoms with Crippen LogP contribution in [0, 0.1) is 0 Å². The number of hydrogen-bond acceptors (Lipinski definition) is 2. The number of furan rings is 1. The van der Waals surface area contributed by atoms with Crippen LogP contribution in [0.15, 0.2) is 126 Å². The van der Waals surface area contributed by atoms with E-state index in [0.717, 1.165) is 39.0 Å². The second-order valence-electron chi connectivity index (χ2n) is 10.9. The Morgan fingerprint density at radius 1 is 0.487 bits per heavy atom. The summed E-state index contributed by atoms with van der Waals surface area (Å²) in [5.41, 5.74) is 8.88. The van der Waals surface area contributed by atoms with Crippen LogP contribution in [0.3, 0.4) is 0 Å². The average Bonchev–Trinajstić information content (AvgIpc) is 3.35. The first kappa shape index (κ1) is 22.2. The normalized spacial score (nSPS) is 13.8. The second-order valence-corrected chi connectivity index (χ2v) is 10.9. The largest absolute Gasteiger partial charge is 0.457 e. The van der Waals surface area contributed by atoms with Crippen LogP contribution in [0.25, 0.3) is 55.0 Å². The van der Waals surface area contributed by atoms with Crippen LogP contribution in [0.1, 0.15) is 25.0 Å². The van der Waals surface area contributed by atoms with Gasteiger partial charge in [-0.05, 0) is 57.3 Å². The summed E-state index contributed by atoms with van der Waals surface area (Å²) in [6.45, 7) is 4.55. The van der Waals surface area contributed by atoms with Gasteiger partial charge in [0, 0.05) is 27.3 Å². The first-order chi connectivity index (χ1) is 19.1. The number of ether oxygens (including phenoxy) is 1. The summed E-state index contributed by atoms with van der Waals surface area (Å²) < 4.78 is 12.7. The Morgan fingerprint density at radius 2 is 1.15 bits per heavy atom. The van der Waals surface area contributed by atoms with E-state index in [9.17, 15) is 0 Å². The van der Waals surface area contributed by atoms with Crippen molar-refractivity contribution in [3.8, 4) is 33.8 Å². The Labute approximate surface area is 227 Å². The van der Waals surface area contributed by atoms with E-state index in [0.29, 0.717) is 0 Å². The van der Waals surface area contributed by atoms with Crippen LogP contribution in [0.5, 0.6) is 11.5 Å². The van der Waals surface area contributed by atoms with Gasteiger partial charge in [0.05, 0.1) is 0 Å². The van der Waals surface area contributed by atoms with E-state index in [2.05, 4.69) is 117 Å². The summed E-state index contributed by atoms with van der Waals surface area (Å²) in [7, 11) is 0. The summed E-state index contributed by atoms with van der Waals surface area (Å²) in [6.07, 6.45) is 0. The summed E-state index contributed by atoms with van der Waals surface area (Å²) in [5.74, 6) is 1.87. The predicted molar refractivity (Wildman–Crippen MR) is 161 cm³/mol. The van der Waals surface area contributed by atoms with Crippen LogP contribution >= 0.6 is 0 Å². The lowest BCUT2D eigenvalue weighted by atomic mass is 9.75. The minimum absolute atomic E-state index is 0.124. The molecule has 7 aromatic rings. The highest BCUT2D eigenvalue weighted by Gasteiger charge is 2.34. The quantitative estimate of drug-likeness (QED) is 0.235. The molecule has 0 atom stereocenters. The number of rotatable bonds is 2. The fourth-order valence-corrected chi connectivity index (χ4v) is 6.41. The molecule has 1 aliphatic heterocycles. The molecule has 0 amide bonds. The van der Waals surface area contributed by atoms with E-state index < -0.39 is 0 Å². The Hall–Kier alpha value is -4.82. The van der Waals surface area contributed by atoms with Crippen molar-refractivity contribution in [2.24, 2.45) is 0 Å². The van der Waals surface area contributed by atoms with E-state index in [1.54, 1.807) is 0 Å². The minimum atomic E-state index is -0.124. The first-order valence-corrected chi connectivity index (χ1v) is 13.4. The highest BCUT2D eigenvalue weighted by atomic mass is 16.5. The SMILES string of the molecule is CC1(C)c2ccccc2Oc2cc(-c3ccc(-c4cccc5oc6ccccc6c45)c4ccccc34)ccc21. The van der Waals surface area contributed by atoms with Crippen molar-refractivity contribution in [3.63, 3.8) is 0 Å². The van der Waals surface area contributed by atoms with E-state index >= 15 is 0 Å². The molecule has 1 aliphatic rings. The van der Waals surface area contributed by atoms with E-state index in [-0.39, 0.29) is 5.41 Å². The molecule has 1 aromatic heterocycles. The molecule has 0 fully saturated rings. The van der Waals surface area contributed by atoms with Gasteiger partial charge in [-0.2, -0.15) is 0 Å². The Balaban J connectivity index is 1.32. The highest BCUT2D eigenvalue weighted by Crippen LogP contribution is 2.49. The average molecular weight is 503 g/mol. The molecule has 0 spiro atoms. The molecule has 6 aromatic carbocycles. The van der Waals surface area contributed by atoms with Crippen LogP contribution in [0.2, 0.25) is 0 Å². The second kappa shape index (κ2) is 8.09. The van der Waals surface area contributed by atoms with Crippen molar-refractivity contribution in [3.05, 3.63) is 132 Å². The molecule has 39 heavy (non-hydrogen) atoms. The van der Waals surface area contributed by atoms with E-state index in [4.69, 9.17) is 9.15 Å². The molecular formula is C37H26O2. The van der Waals surface area contributed by atoms with Crippen molar-refractivity contribution >= 4 is 32.7 Å². The molecule has 8 rings (SSSR count). The molecule has 2 heteroatoms. The van der Waals surface area contributed by atoms with Crippen LogP contribution in [-0.4, -0.2) is 0 Å². The molecule has 2 nitrogen and oxygen atoms in total. The third kappa shape index (κ3) is 3.21. The van der Waals surface area contributed by atoms with Gasteiger partial charge in [0.15, 0.2) is 0 Å². The van der Waals surface area contributed by atoms with Gasteiger partial charge in [-0.3, -0.25) is 0 Å². The van der Waals surface area contributed by atoms with Gasteiger partial charge in [-0.25, -0.2) is 0 Å². The molecule has 0 bridgehead atoms. The van der Waals surface area contributed by atoms with Gasteiger partial charge in [0.25, 0.3) is 0 Å². The van der Waals surface area contributed by atoms with Crippen molar-refractivity contribution < 1.29 is 9.15 Å².